The summed E-state index contributed by atoms with van der Waals surface area (Å²) in [5.74, 6) is -0.795. The van der Waals surface area contributed by atoms with Gasteiger partial charge in [-0.05, 0) is 36.4 Å². The van der Waals surface area contributed by atoms with E-state index < -0.39 is 35.3 Å². The predicted octanol–water partition coefficient (Wildman–Crippen LogP) is 5.89. The number of hydrogen-bond donors (Lipinski definition) is 1. The van der Waals surface area contributed by atoms with E-state index in [1.54, 1.807) is 30.3 Å². The molecule has 1 N–H and O–H groups in total. The minimum absolute atomic E-state index is 0.0200. The molecule has 5 rings (SSSR count). The topological polar surface area (TPSA) is 56.8 Å². The van der Waals surface area contributed by atoms with Crippen molar-refractivity contribution in [1.82, 2.24) is 19.8 Å². The van der Waals surface area contributed by atoms with Gasteiger partial charge in [-0.15, -0.1) is 0 Å². The number of likely N-dealkylation sites (N-methyl/N-ethyl adjacent to an activating group) is 1. The van der Waals surface area contributed by atoms with Crippen molar-refractivity contribution in [1.29, 1.82) is 0 Å². The van der Waals surface area contributed by atoms with Crippen LogP contribution in [0.15, 0.2) is 54.7 Å². The first-order chi connectivity index (χ1) is 19.0. The first-order valence-corrected chi connectivity index (χ1v) is 12.8. The molecule has 1 aromatic heterocycles. The normalized spacial score (nSPS) is 19.3. The predicted molar refractivity (Wildman–Crippen MR) is 137 cm³/mol. The summed E-state index contributed by atoms with van der Waals surface area (Å²) < 4.78 is 83.1. The van der Waals surface area contributed by atoms with Crippen LogP contribution in [0.3, 0.4) is 0 Å². The summed E-state index contributed by atoms with van der Waals surface area (Å²) >= 11 is 0. The summed E-state index contributed by atoms with van der Waals surface area (Å²) in [4.78, 5) is 17.7. The van der Waals surface area contributed by atoms with Crippen molar-refractivity contribution >= 4 is 17.5 Å². The van der Waals surface area contributed by atoms with Crippen LogP contribution in [0.2, 0.25) is 0 Å². The number of halogens is 6. The highest BCUT2D eigenvalue weighted by molar-refractivity contribution is 5.60. The average molecular weight is 567 g/mol. The number of hydrogen-bond acceptors (Lipinski definition) is 7. The third kappa shape index (κ3) is 6.48. The molecule has 0 amide bonds. The zero-order chi connectivity index (χ0) is 28.5. The van der Waals surface area contributed by atoms with Crippen LogP contribution in [0, 0.1) is 0 Å². The Kier molecular flexibility index (Phi) is 7.89. The Labute approximate surface area is 227 Å². The van der Waals surface area contributed by atoms with E-state index in [1.807, 2.05) is 7.05 Å². The molecule has 0 aliphatic carbocycles. The fourth-order valence-electron chi connectivity index (χ4n) is 4.87. The molecule has 3 aromatic rings. The number of nitrogens with zero attached hydrogens (tertiary/aromatic N) is 5. The second-order valence-electron chi connectivity index (χ2n) is 9.92. The maximum Gasteiger partial charge on any atom is 0.421 e. The third-order valence-corrected chi connectivity index (χ3v) is 6.95. The number of piperazine rings is 1. The maximum absolute atomic E-state index is 14.0. The lowest BCUT2D eigenvalue weighted by Crippen LogP contribution is -2.43. The first-order valence-electron chi connectivity index (χ1n) is 12.8. The van der Waals surface area contributed by atoms with E-state index in [9.17, 15) is 26.3 Å². The van der Waals surface area contributed by atoms with E-state index >= 15 is 0 Å². The Hall–Kier alpha value is -3.42. The van der Waals surface area contributed by atoms with E-state index in [-0.39, 0.29) is 18.2 Å². The van der Waals surface area contributed by atoms with Gasteiger partial charge < -0.3 is 10.2 Å². The Balaban J connectivity index is 1.47. The molecule has 2 saturated heterocycles. The van der Waals surface area contributed by atoms with Crippen LogP contribution in [0.1, 0.15) is 34.7 Å². The van der Waals surface area contributed by atoms with Crippen LogP contribution in [-0.2, 0) is 23.7 Å². The van der Waals surface area contributed by atoms with Crippen LogP contribution in [-0.4, -0.2) is 59.6 Å². The van der Waals surface area contributed by atoms with Crippen LogP contribution in [0.5, 0.6) is 0 Å². The quantitative estimate of drug-likeness (QED) is 0.374. The molecule has 1 atom stereocenters. The summed E-state index contributed by atoms with van der Waals surface area (Å²) in [6.07, 6.45) is -8.36. The van der Waals surface area contributed by atoms with Crippen LogP contribution in [0.25, 0.3) is 0 Å². The van der Waals surface area contributed by atoms with Gasteiger partial charge in [0.1, 0.15) is 5.56 Å². The van der Waals surface area contributed by atoms with Gasteiger partial charge in [-0.3, -0.25) is 9.74 Å². The van der Waals surface area contributed by atoms with Crippen LogP contribution in [0.4, 0.5) is 43.8 Å². The molecule has 2 aliphatic heterocycles. The molecule has 40 heavy (non-hydrogen) atoms. The Bertz CT molecular complexity index is 1310. The van der Waals surface area contributed by atoms with E-state index in [1.165, 1.54) is 6.07 Å². The van der Waals surface area contributed by atoms with Gasteiger partial charge >= 0.3 is 12.4 Å². The molecular weight excluding hydrogens is 538 g/mol. The Morgan fingerprint density at radius 1 is 0.950 bits per heavy atom. The van der Waals surface area contributed by atoms with Gasteiger partial charge in [-0.2, -0.15) is 31.3 Å². The lowest BCUT2D eigenvalue weighted by atomic mass is 10.0. The lowest BCUT2D eigenvalue weighted by Gasteiger charge is -2.32. The zero-order valence-electron chi connectivity index (χ0n) is 21.6. The number of benzene rings is 2. The van der Waals surface area contributed by atoms with Gasteiger partial charge in [-0.25, -0.2) is 10.0 Å². The maximum atomic E-state index is 14.0. The van der Waals surface area contributed by atoms with E-state index in [0.717, 1.165) is 35.8 Å². The molecular formula is C27H28F6N6O. The van der Waals surface area contributed by atoms with Crippen molar-refractivity contribution in [2.75, 3.05) is 50.2 Å². The minimum Gasteiger partial charge on any atom is -0.324 e. The highest BCUT2D eigenvalue weighted by Crippen LogP contribution is 2.42. The van der Waals surface area contributed by atoms with Crippen molar-refractivity contribution in [3.05, 3.63) is 77.0 Å². The van der Waals surface area contributed by atoms with Gasteiger partial charge in [0.05, 0.1) is 18.2 Å². The molecule has 3 heterocycles. The second-order valence-corrected chi connectivity index (χ2v) is 9.92. The van der Waals surface area contributed by atoms with E-state index in [2.05, 4.69) is 25.1 Å². The fourth-order valence-corrected chi connectivity index (χ4v) is 4.87. The Morgan fingerprint density at radius 2 is 1.68 bits per heavy atom. The van der Waals surface area contributed by atoms with Crippen LogP contribution < -0.4 is 10.4 Å². The monoisotopic (exact) mass is 566 g/mol. The van der Waals surface area contributed by atoms with Crippen molar-refractivity contribution in [3.8, 4) is 0 Å². The van der Waals surface area contributed by atoms with Crippen LogP contribution >= 0.6 is 0 Å². The molecule has 0 spiro atoms. The third-order valence-electron chi connectivity index (χ3n) is 6.95. The molecule has 2 aliphatic rings. The molecule has 214 valence electrons. The number of alkyl halides is 6. The Morgan fingerprint density at radius 3 is 2.35 bits per heavy atom. The summed E-state index contributed by atoms with van der Waals surface area (Å²) in [6.45, 7) is 3.49. The van der Waals surface area contributed by atoms with Gasteiger partial charge in [0.2, 0.25) is 5.95 Å². The molecule has 2 aromatic carbocycles. The lowest BCUT2D eigenvalue weighted by molar-refractivity contribution is -0.138. The average Bonchev–Trinajstić information content (AvgIpc) is 3.39. The summed E-state index contributed by atoms with van der Waals surface area (Å²) in [5, 5.41) is 3.81. The highest BCUT2D eigenvalue weighted by Gasteiger charge is 2.41. The number of rotatable bonds is 6. The molecule has 2 fully saturated rings. The smallest absolute Gasteiger partial charge is 0.324 e. The summed E-state index contributed by atoms with van der Waals surface area (Å²) in [7, 11) is 1.98. The van der Waals surface area contributed by atoms with Gasteiger partial charge in [0.15, 0.2) is 5.82 Å². The largest absolute Gasteiger partial charge is 0.421 e. The summed E-state index contributed by atoms with van der Waals surface area (Å²) in [6, 6.07) is 11.9. The number of aromatic nitrogens is 2. The van der Waals surface area contributed by atoms with Gasteiger partial charge in [0.25, 0.3) is 0 Å². The molecule has 0 bridgehead atoms. The highest BCUT2D eigenvalue weighted by atomic mass is 19.4. The standard InChI is InChI=1S/C27H28F6N6O/c1-37-8-10-38(11-9-37)17-18-13-20(26(28,29)30)15-21(14-18)35-25-34-16-22(27(31,32)33)24(36-25)39-23(7-12-40-39)19-5-3-2-4-6-19/h2-6,13-16,23H,7-12,17H2,1H3,(H,34,35,36). The molecule has 1 unspecified atom stereocenters. The van der Waals surface area contributed by atoms with Gasteiger partial charge in [-0.1, -0.05) is 30.3 Å². The molecule has 0 saturated carbocycles. The van der Waals surface area contributed by atoms with Crippen molar-refractivity contribution < 1.29 is 31.2 Å². The molecule has 7 nitrogen and oxygen atoms in total. The van der Waals surface area contributed by atoms with Crippen molar-refractivity contribution in [2.45, 2.75) is 31.4 Å². The number of anilines is 3. The fraction of sp³-hybridized carbons (Fsp3) is 0.407. The summed E-state index contributed by atoms with van der Waals surface area (Å²) in [5.41, 5.74) is -0.804. The van der Waals surface area contributed by atoms with Gasteiger partial charge in [0, 0.05) is 51.0 Å². The zero-order valence-corrected chi connectivity index (χ0v) is 21.6. The molecule has 0 radical (unpaired) electrons. The first kappa shape index (κ1) is 28.1. The van der Waals surface area contributed by atoms with E-state index in [0.29, 0.717) is 37.8 Å². The van der Waals surface area contributed by atoms with Crippen molar-refractivity contribution in [2.24, 2.45) is 0 Å². The SMILES string of the molecule is CN1CCN(Cc2cc(Nc3ncc(C(F)(F)F)c(N4OCCC4c4ccccc4)n3)cc(C(F)(F)F)c2)CC1. The number of nitrogens with one attached hydrogen (secondary N) is 1. The van der Waals surface area contributed by atoms with E-state index in [4.69, 9.17) is 4.84 Å². The minimum atomic E-state index is -4.78. The number of hydroxylamine groups is 1. The second kappa shape index (κ2) is 11.2. The molecule has 13 heteroatoms. The van der Waals surface area contributed by atoms with Crippen molar-refractivity contribution in [3.63, 3.8) is 0 Å².